The second-order valence-corrected chi connectivity index (χ2v) is 6.86. The van der Waals surface area contributed by atoms with Crippen LogP contribution in [0.5, 0.6) is 11.5 Å². The summed E-state index contributed by atoms with van der Waals surface area (Å²) in [5, 5.41) is 0.627. The summed E-state index contributed by atoms with van der Waals surface area (Å²) in [5.41, 5.74) is 1.86. The van der Waals surface area contributed by atoms with Gasteiger partial charge in [-0.3, -0.25) is 14.7 Å². The van der Waals surface area contributed by atoms with Gasteiger partial charge in [0, 0.05) is 32.7 Å². The first-order chi connectivity index (χ1) is 13.3. The molecule has 0 saturated carbocycles. The zero-order valence-electron chi connectivity index (χ0n) is 14.9. The normalized spacial score (nSPS) is 16.8. The number of aromatic nitrogens is 2. The van der Waals surface area contributed by atoms with Gasteiger partial charge in [0.2, 0.25) is 12.7 Å². The summed E-state index contributed by atoms with van der Waals surface area (Å²) in [6.07, 6.45) is 0. The largest absolute Gasteiger partial charge is 0.454 e. The molecule has 3 aromatic rings. The van der Waals surface area contributed by atoms with Crippen LogP contribution >= 0.6 is 0 Å². The molecule has 5 rings (SSSR count). The quantitative estimate of drug-likeness (QED) is 0.766. The van der Waals surface area contributed by atoms with Crippen LogP contribution in [0.3, 0.4) is 0 Å². The van der Waals surface area contributed by atoms with Crippen molar-refractivity contribution in [2.24, 2.45) is 0 Å². The number of benzene rings is 2. The van der Waals surface area contributed by atoms with Crippen molar-refractivity contribution in [2.45, 2.75) is 6.54 Å². The number of nitrogens with one attached hydrogen (secondary N) is 1. The van der Waals surface area contributed by atoms with Crippen molar-refractivity contribution < 1.29 is 9.47 Å². The first-order valence-electron chi connectivity index (χ1n) is 9.11. The van der Waals surface area contributed by atoms with Crippen LogP contribution in [0, 0.1) is 0 Å². The number of aromatic amines is 1. The monoisotopic (exact) mass is 364 g/mol. The summed E-state index contributed by atoms with van der Waals surface area (Å²) in [7, 11) is 0. The Morgan fingerprint density at radius 2 is 1.81 bits per heavy atom. The third-order valence-electron chi connectivity index (χ3n) is 5.12. The van der Waals surface area contributed by atoms with E-state index in [-0.39, 0.29) is 5.56 Å². The molecular weight excluding hydrogens is 344 g/mol. The molecule has 2 aliphatic rings. The molecule has 27 heavy (non-hydrogen) atoms. The molecule has 0 radical (unpaired) electrons. The topological polar surface area (TPSA) is 70.7 Å². The number of ether oxygens (including phenoxy) is 2. The maximum Gasteiger partial charge on any atom is 0.260 e. The standard InChI is InChI=1S/C20H20N4O3/c25-19-15-3-1-2-4-16(15)21-20(22-19)24-9-7-23(8-10-24)12-14-5-6-17-18(11-14)27-13-26-17/h1-6,11H,7-10,12-13H2,(H,21,22,25). The Morgan fingerprint density at radius 1 is 1.00 bits per heavy atom. The Hall–Kier alpha value is -3.06. The van der Waals surface area contributed by atoms with Gasteiger partial charge in [-0.25, -0.2) is 4.98 Å². The highest BCUT2D eigenvalue weighted by molar-refractivity contribution is 5.78. The van der Waals surface area contributed by atoms with Gasteiger partial charge in [-0.1, -0.05) is 18.2 Å². The van der Waals surface area contributed by atoms with E-state index in [0.717, 1.165) is 49.7 Å². The second-order valence-electron chi connectivity index (χ2n) is 6.86. The van der Waals surface area contributed by atoms with Gasteiger partial charge >= 0.3 is 0 Å². The molecule has 2 aliphatic heterocycles. The number of hydrogen-bond acceptors (Lipinski definition) is 6. The molecule has 0 atom stereocenters. The summed E-state index contributed by atoms with van der Waals surface area (Å²) in [4.78, 5) is 24.4. The number of fused-ring (bicyclic) bond motifs is 2. The predicted molar refractivity (Wildman–Crippen MR) is 102 cm³/mol. The van der Waals surface area contributed by atoms with Gasteiger partial charge in [-0.2, -0.15) is 0 Å². The molecule has 7 heteroatoms. The van der Waals surface area contributed by atoms with Crippen molar-refractivity contribution in [3.63, 3.8) is 0 Å². The van der Waals surface area contributed by atoms with Gasteiger partial charge in [0.1, 0.15) is 0 Å². The third kappa shape index (κ3) is 3.10. The minimum atomic E-state index is -0.0848. The number of H-pyrrole nitrogens is 1. The van der Waals surface area contributed by atoms with Crippen LogP contribution in [0.15, 0.2) is 47.3 Å². The van der Waals surface area contributed by atoms with E-state index in [2.05, 4.69) is 31.9 Å². The van der Waals surface area contributed by atoms with E-state index >= 15 is 0 Å². The SMILES string of the molecule is O=c1[nH]c(N2CCN(Cc3ccc4c(c3)OCO4)CC2)nc2ccccc12. The van der Waals surface area contributed by atoms with E-state index < -0.39 is 0 Å². The van der Waals surface area contributed by atoms with Gasteiger partial charge in [-0.15, -0.1) is 0 Å². The maximum atomic E-state index is 12.3. The van der Waals surface area contributed by atoms with Crippen LogP contribution in [0.25, 0.3) is 10.9 Å². The molecule has 0 bridgehead atoms. The number of hydrogen-bond donors (Lipinski definition) is 1. The number of rotatable bonds is 3. The highest BCUT2D eigenvalue weighted by atomic mass is 16.7. The zero-order valence-corrected chi connectivity index (χ0v) is 14.9. The fraction of sp³-hybridized carbons (Fsp3) is 0.300. The summed E-state index contributed by atoms with van der Waals surface area (Å²) in [6, 6.07) is 13.5. The van der Waals surface area contributed by atoms with Crippen molar-refractivity contribution in [3.05, 3.63) is 58.4 Å². The van der Waals surface area contributed by atoms with E-state index in [4.69, 9.17) is 9.47 Å². The fourth-order valence-corrected chi connectivity index (χ4v) is 3.64. The van der Waals surface area contributed by atoms with Gasteiger partial charge in [0.25, 0.3) is 5.56 Å². The third-order valence-corrected chi connectivity index (χ3v) is 5.12. The van der Waals surface area contributed by atoms with Crippen molar-refractivity contribution >= 4 is 16.9 Å². The van der Waals surface area contributed by atoms with Crippen LogP contribution in [-0.4, -0.2) is 47.8 Å². The molecule has 0 amide bonds. The molecule has 7 nitrogen and oxygen atoms in total. The van der Waals surface area contributed by atoms with Crippen LogP contribution in [0.2, 0.25) is 0 Å². The van der Waals surface area contributed by atoms with Gasteiger partial charge in [0.05, 0.1) is 10.9 Å². The highest BCUT2D eigenvalue weighted by Crippen LogP contribution is 2.32. The summed E-state index contributed by atoms with van der Waals surface area (Å²) in [6.45, 7) is 4.63. The first-order valence-corrected chi connectivity index (χ1v) is 9.11. The van der Waals surface area contributed by atoms with E-state index in [9.17, 15) is 4.79 Å². The lowest BCUT2D eigenvalue weighted by molar-refractivity contribution is 0.174. The second kappa shape index (κ2) is 6.59. The van der Waals surface area contributed by atoms with Crippen molar-refractivity contribution in [1.29, 1.82) is 0 Å². The van der Waals surface area contributed by atoms with E-state index in [1.165, 1.54) is 5.56 Å². The van der Waals surface area contributed by atoms with Crippen LogP contribution in [0.1, 0.15) is 5.56 Å². The summed E-state index contributed by atoms with van der Waals surface area (Å²) in [5.74, 6) is 2.29. The summed E-state index contributed by atoms with van der Waals surface area (Å²) >= 11 is 0. The lowest BCUT2D eigenvalue weighted by Gasteiger charge is -2.35. The van der Waals surface area contributed by atoms with Crippen LogP contribution in [0.4, 0.5) is 5.95 Å². The van der Waals surface area contributed by atoms with Gasteiger partial charge < -0.3 is 14.4 Å². The molecule has 3 heterocycles. The van der Waals surface area contributed by atoms with Crippen LogP contribution < -0.4 is 19.9 Å². The Kier molecular flexibility index (Phi) is 3.94. The molecule has 1 aromatic heterocycles. The van der Waals surface area contributed by atoms with Crippen molar-refractivity contribution in [3.8, 4) is 11.5 Å². The van der Waals surface area contributed by atoms with Gasteiger partial charge in [0.15, 0.2) is 11.5 Å². The Balaban J connectivity index is 1.27. The van der Waals surface area contributed by atoms with Crippen molar-refractivity contribution in [2.75, 3.05) is 37.9 Å². The number of nitrogens with zero attached hydrogens (tertiary/aromatic N) is 3. The van der Waals surface area contributed by atoms with Gasteiger partial charge in [-0.05, 0) is 29.8 Å². The average Bonchev–Trinajstić information content (AvgIpc) is 3.16. The lowest BCUT2D eigenvalue weighted by Crippen LogP contribution is -2.46. The molecule has 1 fully saturated rings. The van der Waals surface area contributed by atoms with E-state index in [1.54, 1.807) is 6.07 Å². The number of para-hydroxylation sites is 1. The molecule has 0 aliphatic carbocycles. The zero-order chi connectivity index (χ0) is 18.2. The lowest BCUT2D eigenvalue weighted by atomic mass is 10.1. The van der Waals surface area contributed by atoms with E-state index in [1.807, 2.05) is 24.3 Å². The minimum Gasteiger partial charge on any atom is -0.454 e. The van der Waals surface area contributed by atoms with E-state index in [0.29, 0.717) is 18.1 Å². The fourth-order valence-electron chi connectivity index (χ4n) is 3.64. The Bertz CT molecular complexity index is 1040. The molecule has 2 aromatic carbocycles. The molecule has 0 unspecified atom stereocenters. The van der Waals surface area contributed by atoms with Crippen LogP contribution in [-0.2, 0) is 6.54 Å². The minimum absolute atomic E-state index is 0.0848. The summed E-state index contributed by atoms with van der Waals surface area (Å²) < 4.78 is 10.8. The average molecular weight is 364 g/mol. The molecular formula is C20H20N4O3. The maximum absolute atomic E-state index is 12.3. The Labute approximate surface area is 156 Å². The predicted octanol–water partition coefficient (Wildman–Crippen LogP) is 1.97. The molecule has 138 valence electrons. The Morgan fingerprint density at radius 3 is 2.70 bits per heavy atom. The molecule has 0 spiro atoms. The number of piperazine rings is 1. The molecule has 1 saturated heterocycles. The molecule has 1 N–H and O–H groups in total. The smallest absolute Gasteiger partial charge is 0.260 e. The van der Waals surface area contributed by atoms with Crippen molar-refractivity contribution in [1.82, 2.24) is 14.9 Å². The highest BCUT2D eigenvalue weighted by Gasteiger charge is 2.20. The number of anilines is 1. The first kappa shape index (κ1) is 16.1.